The zero-order valence-corrected chi connectivity index (χ0v) is 22.9. The maximum Gasteiger partial charge on any atom is 1.00 e. The van der Waals surface area contributed by atoms with E-state index >= 15 is 4.39 Å². The Hall–Kier alpha value is -2.03. The van der Waals surface area contributed by atoms with Crippen molar-refractivity contribution in [3.63, 3.8) is 0 Å². The number of fused-ring (bicyclic) bond motifs is 2. The number of halogens is 3. The minimum absolute atomic E-state index is 0. The van der Waals surface area contributed by atoms with Crippen molar-refractivity contribution >= 4 is 45.9 Å². The molecule has 3 aromatic carbocycles. The number of aromatic carboxylic acids is 1. The van der Waals surface area contributed by atoms with Gasteiger partial charge in [-0.3, -0.25) is 0 Å². The number of carbonyl (C=O) groups is 1. The summed E-state index contributed by atoms with van der Waals surface area (Å²) < 4.78 is 32.0. The van der Waals surface area contributed by atoms with Gasteiger partial charge in [-0.2, -0.15) is 0 Å². The first-order chi connectivity index (χ1) is 16.4. The van der Waals surface area contributed by atoms with Crippen LogP contribution in [0.15, 0.2) is 64.4 Å². The first-order valence-electron chi connectivity index (χ1n) is 10.9. The molecule has 1 N–H and O–H groups in total. The quantitative estimate of drug-likeness (QED) is 0.390. The monoisotopic (exact) mass is 522 g/mol. The molecule has 0 radical (unpaired) electrons. The van der Waals surface area contributed by atoms with Crippen molar-refractivity contribution in [1.29, 1.82) is 0 Å². The van der Waals surface area contributed by atoms with Gasteiger partial charge in [-0.15, -0.1) is 0 Å². The van der Waals surface area contributed by atoms with E-state index in [1.807, 2.05) is 23.6 Å². The van der Waals surface area contributed by atoms with Gasteiger partial charge in [0, 0.05) is 46.2 Å². The van der Waals surface area contributed by atoms with Gasteiger partial charge in [-0.05, 0) is 49.2 Å². The molecule has 0 fully saturated rings. The van der Waals surface area contributed by atoms with Crippen LogP contribution >= 0.6 is 23.4 Å². The Morgan fingerprint density at radius 3 is 2.63 bits per heavy atom. The van der Waals surface area contributed by atoms with Gasteiger partial charge in [-0.25, -0.2) is 13.6 Å². The van der Waals surface area contributed by atoms with E-state index in [0.29, 0.717) is 28.9 Å². The Balaban J connectivity index is 0.00000180. The normalized spacial score (nSPS) is 12.6. The fraction of sp³-hybridized carbons (Fsp3) is 0.192. The predicted octanol–water partition coefficient (Wildman–Crippen LogP) is 3.91. The number of hydrogen-bond donors (Lipinski definition) is 1. The Morgan fingerprint density at radius 2 is 1.86 bits per heavy atom. The summed E-state index contributed by atoms with van der Waals surface area (Å²) in [5.41, 5.74) is 3.24. The summed E-state index contributed by atoms with van der Waals surface area (Å²) in [5.74, 6) is -2.65. The molecule has 0 unspecified atom stereocenters. The van der Waals surface area contributed by atoms with Gasteiger partial charge in [0.1, 0.15) is 0 Å². The fourth-order valence-corrected chi connectivity index (χ4v) is 5.86. The summed E-state index contributed by atoms with van der Waals surface area (Å²) in [6.07, 6.45) is 0.974. The molecule has 2 heterocycles. The number of hydrogen-bond acceptors (Lipinski definition) is 3. The van der Waals surface area contributed by atoms with Crippen molar-refractivity contribution in [3.05, 3.63) is 88.1 Å². The number of aromatic nitrogens is 1. The second kappa shape index (κ2) is 10.5. The van der Waals surface area contributed by atoms with Crippen LogP contribution in [0.5, 0.6) is 0 Å². The van der Waals surface area contributed by atoms with E-state index < -0.39 is 23.2 Å². The maximum atomic E-state index is 15.3. The number of carboxylic acid groups (broad SMARTS) is 1. The molecule has 4 nitrogen and oxygen atoms in total. The molecule has 1 aliphatic heterocycles. The first-order valence-corrected chi connectivity index (χ1v) is 12.1. The summed E-state index contributed by atoms with van der Waals surface area (Å²) in [7, 11) is 0. The van der Waals surface area contributed by atoms with E-state index in [4.69, 9.17) is 11.6 Å². The number of benzene rings is 3. The van der Waals surface area contributed by atoms with Crippen LogP contribution in [0, 0.1) is 18.6 Å². The molecule has 0 amide bonds. The molecule has 0 saturated carbocycles. The van der Waals surface area contributed by atoms with Crippen molar-refractivity contribution in [3.8, 4) is 0 Å². The van der Waals surface area contributed by atoms with E-state index in [1.54, 1.807) is 6.07 Å². The third-order valence-corrected chi connectivity index (χ3v) is 7.85. The fourth-order valence-electron chi connectivity index (χ4n) is 4.60. The van der Waals surface area contributed by atoms with Crippen LogP contribution in [-0.2, 0) is 13.0 Å². The number of anilines is 1. The summed E-state index contributed by atoms with van der Waals surface area (Å²) >= 11 is 7.23. The molecule has 176 valence electrons. The summed E-state index contributed by atoms with van der Waals surface area (Å²) in [5, 5.41) is 9.91. The molecule has 35 heavy (non-hydrogen) atoms. The van der Waals surface area contributed by atoms with Crippen LogP contribution in [0.25, 0.3) is 10.9 Å². The van der Waals surface area contributed by atoms with Gasteiger partial charge in [0.2, 0.25) is 0 Å². The minimum Gasteiger partial charge on any atom is -1.00 e. The predicted molar refractivity (Wildman–Crippen MR) is 133 cm³/mol. The van der Waals surface area contributed by atoms with Crippen LogP contribution in [0.1, 0.15) is 23.0 Å². The van der Waals surface area contributed by atoms with E-state index in [0.717, 1.165) is 30.4 Å². The molecule has 0 saturated heterocycles. The molecular formula is C26H22ClF2N2NaO2S. The largest absolute Gasteiger partial charge is 1.00 e. The number of para-hydroxylation sites is 1. The zero-order chi connectivity index (χ0) is 24.0. The van der Waals surface area contributed by atoms with Crippen molar-refractivity contribution in [1.82, 2.24) is 4.57 Å². The van der Waals surface area contributed by atoms with Crippen LogP contribution < -0.4 is 34.5 Å². The van der Waals surface area contributed by atoms with Crippen LogP contribution in [0.3, 0.4) is 0 Å². The van der Waals surface area contributed by atoms with Crippen LogP contribution in [0.2, 0.25) is 5.02 Å². The summed E-state index contributed by atoms with van der Waals surface area (Å²) in [4.78, 5) is 14.5. The van der Waals surface area contributed by atoms with Crippen molar-refractivity contribution in [2.24, 2.45) is 0 Å². The average molecular weight is 523 g/mol. The molecule has 0 spiro atoms. The number of nitrogens with zero attached hydrogens (tertiary/aromatic N) is 2. The number of carboxylic acids is 1. The number of rotatable bonds is 6. The molecule has 1 aromatic heterocycles. The summed E-state index contributed by atoms with van der Waals surface area (Å²) in [6, 6.07) is 15.8. The van der Waals surface area contributed by atoms with Crippen molar-refractivity contribution < 1.29 is 49.7 Å². The molecule has 9 heteroatoms. The van der Waals surface area contributed by atoms with Gasteiger partial charge in [-0.1, -0.05) is 47.6 Å². The zero-order valence-electron chi connectivity index (χ0n) is 20.3. The van der Waals surface area contributed by atoms with E-state index in [-0.39, 0.29) is 40.9 Å². The van der Waals surface area contributed by atoms with Gasteiger partial charge in [0.25, 0.3) is 0 Å². The second-order valence-corrected chi connectivity index (χ2v) is 9.67. The second-order valence-electron chi connectivity index (χ2n) is 8.21. The standard InChI is InChI=1S/C26H21ClF2N2O2S.Na.H/c1-15-25(34-21-8-4-6-17(22(21)28)26(32)33)18-9-10-19(27)23(29)24(18)31(15)14-13-30-12-11-16-5-2-3-7-20(16)30;;/h2-10H,11-14H2,1H3,(H,32,33);;/q;+1;-1. The Labute approximate surface area is 234 Å². The maximum absolute atomic E-state index is 15.3. The summed E-state index contributed by atoms with van der Waals surface area (Å²) in [6.45, 7) is 3.97. The van der Waals surface area contributed by atoms with Crippen LogP contribution in [-0.4, -0.2) is 28.7 Å². The first kappa shape index (κ1) is 26.0. The Bertz CT molecular complexity index is 1450. The Kier molecular flexibility index (Phi) is 7.83. The topological polar surface area (TPSA) is 45.5 Å². The average Bonchev–Trinajstić information content (AvgIpc) is 3.35. The smallest absolute Gasteiger partial charge is 1.00 e. The van der Waals surface area contributed by atoms with E-state index in [9.17, 15) is 14.3 Å². The van der Waals surface area contributed by atoms with Crippen LogP contribution in [0.4, 0.5) is 14.5 Å². The van der Waals surface area contributed by atoms with Gasteiger partial charge in [0.15, 0.2) is 11.6 Å². The molecular weight excluding hydrogens is 501 g/mol. The van der Waals surface area contributed by atoms with Gasteiger partial charge < -0.3 is 16.0 Å². The van der Waals surface area contributed by atoms with E-state index in [1.165, 1.54) is 35.5 Å². The van der Waals surface area contributed by atoms with Crippen molar-refractivity contribution in [2.75, 3.05) is 18.0 Å². The van der Waals surface area contributed by atoms with E-state index in [2.05, 4.69) is 17.0 Å². The molecule has 0 aliphatic carbocycles. The third-order valence-electron chi connectivity index (χ3n) is 6.30. The third kappa shape index (κ3) is 4.72. The molecule has 1 aliphatic rings. The van der Waals surface area contributed by atoms with Gasteiger partial charge in [0.05, 0.1) is 16.1 Å². The molecule has 5 rings (SSSR count). The molecule has 0 atom stereocenters. The minimum atomic E-state index is -1.33. The molecule has 0 bridgehead atoms. The Morgan fingerprint density at radius 1 is 1.09 bits per heavy atom. The van der Waals surface area contributed by atoms with Gasteiger partial charge >= 0.3 is 35.5 Å². The molecule has 4 aromatic rings. The SMILES string of the molecule is Cc1c(Sc2cccc(C(=O)O)c2F)c2ccc(Cl)c(F)c2n1CCN1CCc2ccccc21.[H-].[Na+]. The van der Waals surface area contributed by atoms with Crippen molar-refractivity contribution in [2.45, 2.75) is 29.7 Å².